The average Bonchev–Trinajstić information content (AvgIpc) is 3.25. The second-order valence-corrected chi connectivity index (χ2v) is 8.69. The quantitative estimate of drug-likeness (QED) is 0.415. The van der Waals surface area contributed by atoms with Gasteiger partial charge in [-0.3, -0.25) is 4.79 Å². The predicted octanol–water partition coefficient (Wildman–Crippen LogP) is 4.97. The molecule has 1 aliphatic rings. The third-order valence-electron chi connectivity index (χ3n) is 6.40. The number of piperazine rings is 1. The summed E-state index contributed by atoms with van der Waals surface area (Å²) in [6.45, 7) is 9.57. The van der Waals surface area contributed by atoms with Crippen LogP contribution in [0.2, 0.25) is 0 Å². The molecule has 1 amide bonds. The van der Waals surface area contributed by atoms with Gasteiger partial charge in [-0.15, -0.1) is 0 Å². The number of amides is 1. The van der Waals surface area contributed by atoms with E-state index in [1.807, 2.05) is 31.3 Å². The summed E-state index contributed by atoms with van der Waals surface area (Å²) in [5.41, 5.74) is 6.52. The van der Waals surface area contributed by atoms with Gasteiger partial charge in [0, 0.05) is 63.6 Å². The van der Waals surface area contributed by atoms with Crippen molar-refractivity contribution < 1.29 is 7.65 Å². The first kappa shape index (κ1) is 21.9. The molecule has 0 aliphatic carbocycles. The van der Waals surface area contributed by atoms with Crippen LogP contribution in [0.4, 0.5) is 11.5 Å². The molecule has 1 fully saturated rings. The highest BCUT2D eigenvalue weighted by Gasteiger charge is 2.19. The van der Waals surface area contributed by atoms with Gasteiger partial charge in [0.1, 0.15) is 11.5 Å². The number of anilines is 2. The number of pyridine rings is 2. The number of nitrogens with one attached hydrogen (secondary N) is 2. The lowest BCUT2D eigenvalue weighted by atomic mass is 9.98. The Balaban J connectivity index is 0.00000180. The molecule has 34 heavy (non-hydrogen) atoms. The molecular formula is C27H32N6O. The molecule has 4 heterocycles. The molecule has 7 nitrogen and oxygen atoms in total. The number of aryl methyl sites for hydroxylation is 1. The van der Waals surface area contributed by atoms with Crippen LogP contribution in [0, 0.1) is 6.92 Å². The second kappa shape index (κ2) is 9.11. The van der Waals surface area contributed by atoms with E-state index >= 15 is 0 Å². The van der Waals surface area contributed by atoms with Gasteiger partial charge in [0.05, 0.1) is 5.69 Å². The molecule has 2 N–H and O–H groups in total. The summed E-state index contributed by atoms with van der Waals surface area (Å²) in [6, 6.07) is 14.3. The molecule has 0 saturated carbocycles. The maximum absolute atomic E-state index is 12.0. The minimum absolute atomic E-state index is 0. The number of aromatic nitrogens is 3. The molecule has 1 aromatic carbocycles. The standard InChI is InChI=1S/C27H28N6O.2H2/c1-4-24(34)30-22-16-19(8-7-18(22)2)25-21-6-5-11-28-27(21)31-26(25)20-9-10-23(29-17-20)33-14-12-32(3)13-15-33;;/h4-11,16-17H,1,12-15H2,2-3H3,(H,28,31)(H,30,34);2*1H. The van der Waals surface area contributed by atoms with Gasteiger partial charge < -0.3 is 20.1 Å². The van der Waals surface area contributed by atoms with E-state index in [-0.39, 0.29) is 8.76 Å². The third kappa shape index (κ3) is 4.18. The van der Waals surface area contributed by atoms with Crippen LogP contribution in [0.5, 0.6) is 0 Å². The summed E-state index contributed by atoms with van der Waals surface area (Å²) in [7, 11) is 2.15. The summed E-state index contributed by atoms with van der Waals surface area (Å²) >= 11 is 0. The van der Waals surface area contributed by atoms with Crippen LogP contribution in [0.3, 0.4) is 0 Å². The lowest BCUT2D eigenvalue weighted by Gasteiger charge is -2.33. The van der Waals surface area contributed by atoms with E-state index in [0.717, 1.165) is 76.7 Å². The van der Waals surface area contributed by atoms with Crippen LogP contribution >= 0.6 is 0 Å². The molecule has 0 unspecified atom stereocenters. The van der Waals surface area contributed by atoms with E-state index in [2.05, 4.69) is 63.0 Å². The molecule has 5 rings (SSSR count). The van der Waals surface area contributed by atoms with E-state index in [1.165, 1.54) is 6.08 Å². The topological polar surface area (TPSA) is 77.2 Å². The van der Waals surface area contributed by atoms with Crippen molar-refractivity contribution in [2.75, 3.05) is 43.4 Å². The largest absolute Gasteiger partial charge is 0.354 e. The number of likely N-dealkylation sites (N-methyl/N-ethyl adjacent to an activating group) is 1. The first-order chi connectivity index (χ1) is 16.5. The van der Waals surface area contributed by atoms with E-state index in [0.29, 0.717) is 0 Å². The van der Waals surface area contributed by atoms with Crippen LogP contribution in [-0.2, 0) is 4.79 Å². The van der Waals surface area contributed by atoms with Crippen LogP contribution < -0.4 is 10.2 Å². The molecule has 0 radical (unpaired) electrons. The van der Waals surface area contributed by atoms with Gasteiger partial charge in [-0.2, -0.15) is 0 Å². The fourth-order valence-corrected chi connectivity index (χ4v) is 4.39. The molecular weight excluding hydrogens is 424 g/mol. The van der Waals surface area contributed by atoms with Crippen LogP contribution in [0.15, 0.2) is 67.5 Å². The zero-order valence-electron chi connectivity index (χ0n) is 19.5. The van der Waals surface area contributed by atoms with Gasteiger partial charge in [-0.25, -0.2) is 9.97 Å². The Bertz CT molecular complexity index is 1360. The van der Waals surface area contributed by atoms with Crippen molar-refractivity contribution in [1.29, 1.82) is 0 Å². The second-order valence-electron chi connectivity index (χ2n) is 8.69. The van der Waals surface area contributed by atoms with Crippen LogP contribution in [0.25, 0.3) is 33.4 Å². The fourth-order valence-electron chi connectivity index (χ4n) is 4.39. The summed E-state index contributed by atoms with van der Waals surface area (Å²) in [5, 5.41) is 3.93. The first-order valence-corrected chi connectivity index (χ1v) is 11.4. The number of carbonyl (C=O) groups excluding carboxylic acids is 1. The molecule has 0 bridgehead atoms. The highest BCUT2D eigenvalue weighted by Crippen LogP contribution is 2.39. The van der Waals surface area contributed by atoms with Crippen LogP contribution in [-0.4, -0.2) is 59.0 Å². The molecule has 0 atom stereocenters. The number of carbonyl (C=O) groups is 1. The minimum Gasteiger partial charge on any atom is -0.354 e. The van der Waals surface area contributed by atoms with Crippen molar-refractivity contribution >= 4 is 28.4 Å². The van der Waals surface area contributed by atoms with Crippen molar-refractivity contribution in [2.24, 2.45) is 0 Å². The molecule has 7 heteroatoms. The third-order valence-corrected chi connectivity index (χ3v) is 6.40. The lowest BCUT2D eigenvalue weighted by molar-refractivity contribution is -0.111. The Labute approximate surface area is 202 Å². The van der Waals surface area contributed by atoms with Crippen molar-refractivity contribution in [2.45, 2.75) is 6.92 Å². The van der Waals surface area contributed by atoms with E-state index in [4.69, 9.17) is 4.98 Å². The van der Waals surface area contributed by atoms with Gasteiger partial charge >= 0.3 is 0 Å². The number of nitrogens with zero attached hydrogens (tertiary/aromatic N) is 4. The van der Waals surface area contributed by atoms with Crippen molar-refractivity contribution in [3.63, 3.8) is 0 Å². The summed E-state index contributed by atoms with van der Waals surface area (Å²) in [6.07, 6.45) is 4.99. The SMILES string of the molecule is C=CC(=O)Nc1cc(-c2c(-c3ccc(N4CCN(C)CC4)nc3)[nH]c3ncccc23)ccc1C.[HH].[HH]. The Morgan fingerprint density at radius 1 is 1.12 bits per heavy atom. The minimum atomic E-state index is -0.232. The highest BCUT2D eigenvalue weighted by atomic mass is 16.1. The lowest BCUT2D eigenvalue weighted by Crippen LogP contribution is -2.44. The number of H-pyrrole nitrogens is 1. The molecule has 3 aromatic heterocycles. The Morgan fingerprint density at radius 2 is 1.91 bits per heavy atom. The number of hydrogen-bond donors (Lipinski definition) is 2. The fraction of sp³-hybridized carbons (Fsp3) is 0.222. The molecule has 0 spiro atoms. The summed E-state index contributed by atoms with van der Waals surface area (Å²) in [4.78, 5) is 29.4. The number of rotatable bonds is 5. The number of aromatic amines is 1. The number of benzene rings is 1. The maximum atomic E-state index is 12.0. The predicted molar refractivity (Wildman–Crippen MR) is 142 cm³/mol. The highest BCUT2D eigenvalue weighted by molar-refractivity contribution is 6.04. The summed E-state index contributed by atoms with van der Waals surface area (Å²) in [5.74, 6) is 0.766. The van der Waals surface area contributed by atoms with E-state index < -0.39 is 0 Å². The number of fused-ring (bicyclic) bond motifs is 1. The molecule has 1 saturated heterocycles. The zero-order chi connectivity index (χ0) is 23.7. The van der Waals surface area contributed by atoms with Gasteiger partial charge in [0.15, 0.2) is 0 Å². The summed E-state index contributed by atoms with van der Waals surface area (Å²) < 4.78 is 0. The average molecular weight is 457 g/mol. The molecule has 176 valence electrons. The maximum Gasteiger partial charge on any atom is 0.247 e. The normalized spacial score (nSPS) is 14.4. The van der Waals surface area contributed by atoms with Crippen molar-refractivity contribution in [3.8, 4) is 22.4 Å². The van der Waals surface area contributed by atoms with Gasteiger partial charge in [0.25, 0.3) is 0 Å². The van der Waals surface area contributed by atoms with Gasteiger partial charge in [0.2, 0.25) is 5.91 Å². The van der Waals surface area contributed by atoms with Crippen molar-refractivity contribution in [3.05, 3.63) is 73.1 Å². The molecule has 4 aromatic rings. The van der Waals surface area contributed by atoms with Crippen LogP contribution in [0.1, 0.15) is 8.42 Å². The first-order valence-electron chi connectivity index (χ1n) is 11.4. The Hall–Kier alpha value is -3.97. The van der Waals surface area contributed by atoms with E-state index in [9.17, 15) is 4.79 Å². The Morgan fingerprint density at radius 3 is 2.65 bits per heavy atom. The Kier molecular flexibility index (Phi) is 5.86. The zero-order valence-corrected chi connectivity index (χ0v) is 19.5. The number of hydrogen-bond acceptors (Lipinski definition) is 5. The van der Waals surface area contributed by atoms with Gasteiger partial charge in [-0.1, -0.05) is 18.7 Å². The van der Waals surface area contributed by atoms with Crippen molar-refractivity contribution in [1.82, 2.24) is 19.9 Å². The van der Waals surface area contributed by atoms with E-state index in [1.54, 1.807) is 6.20 Å². The van der Waals surface area contributed by atoms with Gasteiger partial charge in [-0.05, 0) is 61.5 Å². The molecule has 1 aliphatic heterocycles. The smallest absolute Gasteiger partial charge is 0.247 e. The monoisotopic (exact) mass is 456 g/mol.